The van der Waals surface area contributed by atoms with Gasteiger partial charge in [0.25, 0.3) is 0 Å². The summed E-state index contributed by atoms with van der Waals surface area (Å²) in [5, 5.41) is 0. The maximum Gasteiger partial charge on any atom is 0.140 e. The lowest BCUT2D eigenvalue weighted by atomic mass is 9.46. The Morgan fingerprint density at radius 2 is 1.81 bits per heavy atom. The first-order valence-electron chi connectivity index (χ1n) is 8.96. The molecule has 5 saturated carbocycles. The zero-order valence-corrected chi connectivity index (χ0v) is 13.3. The highest BCUT2D eigenvalue weighted by Gasteiger charge is 2.77. The van der Waals surface area contributed by atoms with Crippen molar-refractivity contribution in [3.63, 3.8) is 0 Å². The van der Waals surface area contributed by atoms with Crippen LogP contribution in [0.1, 0.15) is 65.2 Å². The number of fused-ring (bicyclic) bond motifs is 4. The molecular formula is C19H26O2. The molecule has 2 heteroatoms. The van der Waals surface area contributed by atoms with Gasteiger partial charge in [0.05, 0.1) is 0 Å². The Balaban J connectivity index is 1.58. The standard InChI is InChI=1S/C19H26O2/c1-17-5-4-14-13(15(17)7-12(20)10-17)8-16(21)19-9-11(19)3-6-18(14,19)2/h11,13-15H,3-10H2,1-2H3/t11-,13-,14+,15+,17-,18-,19+/m1/s1. The van der Waals surface area contributed by atoms with Crippen LogP contribution >= 0.6 is 0 Å². The fourth-order valence-corrected chi connectivity index (χ4v) is 7.79. The molecule has 0 saturated heterocycles. The van der Waals surface area contributed by atoms with E-state index in [1.165, 1.54) is 32.1 Å². The van der Waals surface area contributed by atoms with Crippen LogP contribution in [0.2, 0.25) is 0 Å². The van der Waals surface area contributed by atoms with Gasteiger partial charge in [0.1, 0.15) is 11.6 Å². The van der Waals surface area contributed by atoms with Crippen molar-refractivity contribution in [1.82, 2.24) is 0 Å². The first-order chi connectivity index (χ1) is 9.91. The Morgan fingerprint density at radius 3 is 2.57 bits per heavy atom. The molecule has 0 N–H and O–H groups in total. The summed E-state index contributed by atoms with van der Waals surface area (Å²) in [5.41, 5.74) is 0.566. The summed E-state index contributed by atoms with van der Waals surface area (Å²) in [6.07, 6.45) is 8.56. The van der Waals surface area contributed by atoms with Crippen molar-refractivity contribution in [2.45, 2.75) is 65.2 Å². The summed E-state index contributed by atoms with van der Waals surface area (Å²) < 4.78 is 0. The lowest BCUT2D eigenvalue weighted by Crippen LogP contribution is -2.54. The molecule has 5 aliphatic carbocycles. The van der Waals surface area contributed by atoms with E-state index in [0.29, 0.717) is 29.3 Å². The minimum atomic E-state index is 0.0878. The molecule has 0 heterocycles. The molecule has 5 rings (SSSR count). The van der Waals surface area contributed by atoms with Gasteiger partial charge in [-0.15, -0.1) is 0 Å². The summed E-state index contributed by atoms with van der Waals surface area (Å²) in [4.78, 5) is 25.1. The number of rotatable bonds is 0. The maximum atomic E-state index is 13.0. The van der Waals surface area contributed by atoms with E-state index in [-0.39, 0.29) is 16.2 Å². The summed E-state index contributed by atoms with van der Waals surface area (Å²) in [6.45, 7) is 4.76. The van der Waals surface area contributed by atoms with Gasteiger partial charge in [-0.1, -0.05) is 13.8 Å². The van der Waals surface area contributed by atoms with E-state index in [9.17, 15) is 9.59 Å². The Hall–Kier alpha value is -0.660. The largest absolute Gasteiger partial charge is 0.300 e. The second-order valence-corrected chi connectivity index (χ2v) is 9.44. The second-order valence-electron chi connectivity index (χ2n) is 9.44. The maximum absolute atomic E-state index is 13.0. The van der Waals surface area contributed by atoms with Crippen LogP contribution in [0, 0.1) is 39.9 Å². The number of hydrogen-bond donors (Lipinski definition) is 0. The predicted molar refractivity (Wildman–Crippen MR) is 79.6 cm³/mol. The topological polar surface area (TPSA) is 34.1 Å². The van der Waals surface area contributed by atoms with E-state index in [0.717, 1.165) is 25.2 Å². The van der Waals surface area contributed by atoms with Gasteiger partial charge < -0.3 is 0 Å². The number of ketones is 2. The first-order valence-corrected chi connectivity index (χ1v) is 8.96. The zero-order valence-electron chi connectivity index (χ0n) is 13.3. The highest BCUT2D eigenvalue weighted by atomic mass is 16.1. The third kappa shape index (κ3) is 1.25. The highest BCUT2D eigenvalue weighted by Crippen LogP contribution is 2.80. The van der Waals surface area contributed by atoms with Gasteiger partial charge in [-0.2, -0.15) is 0 Å². The minimum Gasteiger partial charge on any atom is -0.300 e. The number of hydrogen-bond acceptors (Lipinski definition) is 2. The average Bonchev–Trinajstić information content (AvgIpc) is 2.97. The van der Waals surface area contributed by atoms with Crippen molar-refractivity contribution >= 4 is 11.6 Å². The molecular weight excluding hydrogens is 260 g/mol. The lowest BCUT2D eigenvalue weighted by molar-refractivity contribution is -0.149. The Labute approximate surface area is 127 Å². The van der Waals surface area contributed by atoms with Gasteiger partial charge >= 0.3 is 0 Å². The lowest BCUT2D eigenvalue weighted by Gasteiger charge is -2.57. The fraction of sp³-hybridized carbons (Fsp3) is 0.895. The Morgan fingerprint density at radius 1 is 1.00 bits per heavy atom. The minimum absolute atomic E-state index is 0.0878. The summed E-state index contributed by atoms with van der Waals surface area (Å²) in [7, 11) is 0. The molecule has 5 fully saturated rings. The van der Waals surface area contributed by atoms with Gasteiger partial charge in [-0.05, 0) is 66.6 Å². The Kier molecular flexibility index (Phi) is 2.12. The second kappa shape index (κ2) is 3.46. The molecule has 0 radical (unpaired) electrons. The van der Waals surface area contributed by atoms with Gasteiger partial charge in [-0.25, -0.2) is 0 Å². The quantitative estimate of drug-likeness (QED) is 0.679. The van der Waals surface area contributed by atoms with Crippen molar-refractivity contribution in [2.75, 3.05) is 0 Å². The van der Waals surface area contributed by atoms with Crippen molar-refractivity contribution < 1.29 is 9.59 Å². The summed E-state index contributed by atoms with van der Waals surface area (Å²) in [5.74, 6) is 3.48. The van der Waals surface area contributed by atoms with Crippen molar-refractivity contribution in [3.8, 4) is 0 Å². The van der Waals surface area contributed by atoms with Crippen LogP contribution < -0.4 is 0 Å². The van der Waals surface area contributed by atoms with Crippen LogP contribution in [-0.2, 0) is 9.59 Å². The van der Waals surface area contributed by atoms with Crippen LogP contribution in [0.4, 0.5) is 0 Å². The predicted octanol–water partition coefficient (Wildman–Crippen LogP) is 3.78. The number of carbonyl (C=O) groups excluding carboxylic acids is 2. The van der Waals surface area contributed by atoms with Crippen molar-refractivity contribution in [3.05, 3.63) is 0 Å². The van der Waals surface area contributed by atoms with E-state index >= 15 is 0 Å². The molecule has 0 aromatic rings. The molecule has 7 atom stereocenters. The highest BCUT2D eigenvalue weighted by molar-refractivity contribution is 5.91. The SMILES string of the molecule is C[C@]12CC[C@H]3[C@@H](CC(=O)[C@]45C[C@H]4CC[C@]35C)[C@@H]1CC(=O)C2. The molecule has 0 aliphatic heterocycles. The third-order valence-electron chi connectivity index (χ3n) is 8.88. The normalized spacial score (nSPS) is 61.0. The van der Waals surface area contributed by atoms with E-state index in [1.54, 1.807) is 0 Å². The molecule has 0 aromatic carbocycles. The van der Waals surface area contributed by atoms with Gasteiger partial charge in [0.15, 0.2) is 0 Å². The van der Waals surface area contributed by atoms with Gasteiger partial charge in [0, 0.05) is 24.7 Å². The van der Waals surface area contributed by atoms with Crippen LogP contribution in [0.25, 0.3) is 0 Å². The third-order valence-corrected chi connectivity index (χ3v) is 8.88. The van der Waals surface area contributed by atoms with E-state index in [2.05, 4.69) is 13.8 Å². The van der Waals surface area contributed by atoms with Gasteiger partial charge in [-0.3, -0.25) is 9.59 Å². The molecule has 0 aromatic heterocycles. The number of carbonyl (C=O) groups is 2. The Bertz CT molecular complexity index is 566. The van der Waals surface area contributed by atoms with E-state index in [4.69, 9.17) is 0 Å². The average molecular weight is 286 g/mol. The summed E-state index contributed by atoms with van der Waals surface area (Å²) in [6, 6.07) is 0. The van der Waals surface area contributed by atoms with Gasteiger partial charge in [0.2, 0.25) is 0 Å². The van der Waals surface area contributed by atoms with Crippen LogP contribution in [0.3, 0.4) is 0 Å². The number of Topliss-reactive ketones (excluding diaryl/α,β-unsaturated/α-hetero) is 2. The van der Waals surface area contributed by atoms with E-state index < -0.39 is 0 Å². The molecule has 2 nitrogen and oxygen atoms in total. The van der Waals surface area contributed by atoms with Crippen molar-refractivity contribution in [2.24, 2.45) is 39.9 Å². The first kappa shape index (κ1) is 12.8. The smallest absolute Gasteiger partial charge is 0.140 e. The molecule has 0 unspecified atom stereocenters. The fourth-order valence-electron chi connectivity index (χ4n) is 7.79. The van der Waals surface area contributed by atoms with Crippen molar-refractivity contribution in [1.29, 1.82) is 0 Å². The summed E-state index contributed by atoms with van der Waals surface area (Å²) >= 11 is 0. The molecule has 21 heavy (non-hydrogen) atoms. The molecule has 114 valence electrons. The molecule has 0 amide bonds. The molecule has 1 spiro atoms. The van der Waals surface area contributed by atoms with E-state index in [1.807, 2.05) is 0 Å². The van der Waals surface area contributed by atoms with Crippen LogP contribution in [0.5, 0.6) is 0 Å². The van der Waals surface area contributed by atoms with Crippen LogP contribution in [-0.4, -0.2) is 11.6 Å². The molecule has 0 bridgehead atoms. The van der Waals surface area contributed by atoms with Crippen LogP contribution in [0.15, 0.2) is 0 Å². The zero-order chi connectivity index (χ0) is 14.6. The molecule has 5 aliphatic rings. The monoisotopic (exact) mass is 286 g/mol.